The van der Waals surface area contributed by atoms with Crippen molar-refractivity contribution in [3.63, 3.8) is 0 Å². The highest BCUT2D eigenvalue weighted by atomic mass is 16.2. The molecule has 5 heterocycles. The van der Waals surface area contributed by atoms with E-state index in [-0.39, 0.29) is 5.91 Å². The number of amides is 1. The van der Waals surface area contributed by atoms with Crippen LogP contribution in [0.3, 0.4) is 0 Å². The number of aryl methyl sites for hydroxylation is 1. The molecule has 2 aliphatic rings. The Bertz CT molecular complexity index is 1310. The zero-order valence-corrected chi connectivity index (χ0v) is 19.9. The Morgan fingerprint density at radius 2 is 1.97 bits per heavy atom. The first kappa shape index (κ1) is 21.4. The number of benzene rings is 1. The van der Waals surface area contributed by atoms with Crippen molar-refractivity contribution < 1.29 is 4.79 Å². The highest BCUT2D eigenvalue weighted by molar-refractivity contribution is 5.98. The number of nitrogens with one attached hydrogen (secondary N) is 1. The first-order chi connectivity index (χ1) is 16.7. The molecule has 0 aliphatic carbocycles. The van der Waals surface area contributed by atoms with E-state index in [1.807, 2.05) is 12.4 Å². The number of rotatable bonds is 5. The van der Waals surface area contributed by atoms with Gasteiger partial charge >= 0.3 is 0 Å². The third-order valence-electron chi connectivity index (χ3n) is 7.87. The van der Waals surface area contributed by atoms with E-state index in [0.717, 1.165) is 74.9 Å². The number of hydrogen-bond acceptors (Lipinski definition) is 3. The third-order valence-corrected chi connectivity index (χ3v) is 7.87. The highest BCUT2D eigenvalue weighted by Crippen LogP contribution is 2.31. The number of imidazole rings is 1. The molecule has 6 heteroatoms. The van der Waals surface area contributed by atoms with Crippen molar-refractivity contribution in [2.45, 2.75) is 51.0 Å². The van der Waals surface area contributed by atoms with Gasteiger partial charge in [0.2, 0.25) is 0 Å². The predicted molar refractivity (Wildman–Crippen MR) is 135 cm³/mol. The monoisotopic (exact) mass is 455 g/mol. The maximum atomic E-state index is 13.3. The van der Waals surface area contributed by atoms with Crippen molar-refractivity contribution in [2.24, 2.45) is 0 Å². The molecule has 176 valence electrons. The van der Waals surface area contributed by atoms with Crippen LogP contribution in [-0.2, 0) is 0 Å². The number of fused-ring (bicyclic) bond motifs is 2. The number of aromatic nitrogens is 3. The fourth-order valence-electron chi connectivity index (χ4n) is 5.95. The van der Waals surface area contributed by atoms with Gasteiger partial charge in [0, 0.05) is 42.1 Å². The van der Waals surface area contributed by atoms with Gasteiger partial charge in [0.25, 0.3) is 5.91 Å². The summed E-state index contributed by atoms with van der Waals surface area (Å²) in [6, 6.07) is 15.0. The number of likely N-dealkylation sites (tertiary alicyclic amines) is 2. The molecule has 1 N–H and O–H groups in total. The molecule has 0 saturated carbocycles. The summed E-state index contributed by atoms with van der Waals surface area (Å²) in [4.78, 5) is 26.1. The highest BCUT2D eigenvalue weighted by Gasteiger charge is 2.31. The van der Waals surface area contributed by atoms with Gasteiger partial charge in [-0.2, -0.15) is 0 Å². The summed E-state index contributed by atoms with van der Waals surface area (Å²) in [7, 11) is 0. The van der Waals surface area contributed by atoms with Crippen molar-refractivity contribution in [3.8, 4) is 0 Å². The van der Waals surface area contributed by atoms with Crippen molar-refractivity contribution in [3.05, 3.63) is 71.9 Å². The molecule has 0 spiro atoms. The molecule has 2 fully saturated rings. The number of H-pyrrole nitrogens is 1. The lowest BCUT2D eigenvalue weighted by atomic mass is 9.92. The Balaban J connectivity index is 1.05. The lowest BCUT2D eigenvalue weighted by molar-refractivity contribution is 0.0712. The van der Waals surface area contributed by atoms with E-state index in [9.17, 15) is 4.79 Å². The zero-order valence-electron chi connectivity index (χ0n) is 19.9. The van der Waals surface area contributed by atoms with Gasteiger partial charge in [-0.3, -0.25) is 4.79 Å². The van der Waals surface area contributed by atoms with Gasteiger partial charge in [0.1, 0.15) is 5.69 Å². The van der Waals surface area contributed by atoms with Crippen LogP contribution in [0.4, 0.5) is 0 Å². The average molecular weight is 456 g/mol. The van der Waals surface area contributed by atoms with Crippen LogP contribution >= 0.6 is 0 Å². The van der Waals surface area contributed by atoms with Crippen LogP contribution in [0.1, 0.15) is 59.8 Å². The fraction of sp³-hybridized carbons (Fsp3) is 0.429. The lowest BCUT2D eigenvalue weighted by Crippen LogP contribution is -2.40. The molecule has 1 aromatic carbocycles. The molecular formula is C28H33N5O. The summed E-state index contributed by atoms with van der Waals surface area (Å²) in [5, 5.41) is 1.11. The molecule has 2 aliphatic heterocycles. The Morgan fingerprint density at radius 3 is 2.85 bits per heavy atom. The number of nitrogens with zero attached hydrogens (tertiary/aromatic N) is 4. The number of pyridine rings is 1. The van der Waals surface area contributed by atoms with E-state index in [2.05, 4.69) is 68.7 Å². The molecule has 3 aromatic heterocycles. The normalized spacial score (nSPS) is 20.0. The summed E-state index contributed by atoms with van der Waals surface area (Å²) in [5.41, 5.74) is 5.47. The third kappa shape index (κ3) is 4.00. The van der Waals surface area contributed by atoms with Gasteiger partial charge in [0.15, 0.2) is 0 Å². The number of carbonyl (C=O) groups is 1. The maximum absolute atomic E-state index is 13.3. The van der Waals surface area contributed by atoms with Crippen LogP contribution in [0, 0.1) is 6.92 Å². The molecule has 0 radical (unpaired) electrons. The summed E-state index contributed by atoms with van der Waals surface area (Å²) >= 11 is 0. The molecule has 6 rings (SSSR count). The van der Waals surface area contributed by atoms with Gasteiger partial charge in [-0.25, -0.2) is 4.98 Å². The Morgan fingerprint density at radius 1 is 1.09 bits per heavy atom. The second-order valence-electron chi connectivity index (χ2n) is 10.1. The van der Waals surface area contributed by atoms with Crippen LogP contribution in [0.25, 0.3) is 16.4 Å². The molecule has 0 unspecified atom stereocenters. The van der Waals surface area contributed by atoms with E-state index in [0.29, 0.717) is 12.0 Å². The van der Waals surface area contributed by atoms with E-state index < -0.39 is 0 Å². The summed E-state index contributed by atoms with van der Waals surface area (Å²) in [5.74, 6) is 0.695. The Hall–Kier alpha value is -3.12. The second-order valence-corrected chi connectivity index (χ2v) is 10.1. The average Bonchev–Trinajstić information content (AvgIpc) is 3.60. The van der Waals surface area contributed by atoms with Crippen molar-refractivity contribution in [2.75, 3.05) is 26.2 Å². The quantitative estimate of drug-likeness (QED) is 0.461. The molecular weight excluding hydrogens is 422 g/mol. The molecule has 2 saturated heterocycles. The topological polar surface area (TPSA) is 56.6 Å². The van der Waals surface area contributed by atoms with Crippen LogP contribution in [0.2, 0.25) is 0 Å². The summed E-state index contributed by atoms with van der Waals surface area (Å²) in [6.45, 7) is 6.24. The fourth-order valence-corrected chi connectivity index (χ4v) is 5.95. The Labute approximate surface area is 200 Å². The predicted octanol–water partition coefficient (Wildman–Crippen LogP) is 5.00. The van der Waals surface area contributed by atoms with Crippen molar-refractivity contribution in [1.82, 2.24) is 24.2 Å². The molecule has 6 nitrogen and oxygen atoms in total. The molecule has 34 heavy (non-hydrogen) atoms. The van der Waals surface area contributed by atoms with Crippen LogP contribution < -0.4 is 0 Å². The van der Waals surface area contributed by atoms with Gasteiger partial charge in [-0.15, -0.1) is 0 Å². The van der Waals surface area contributed by atoms with Gasteiger partial charge < -0.3 is 19.2 Å². The standard InChI is InChI=1S/C28H33N5O/c1-20-7-8-22-18-25(30-24(22)17-20)28(34)33-13-4-5-23(33)11-16-31-14-9-21(10-15-31)27-26-6-2-3-12-32(26)19-29-27/h2-3,6-8,12,17-19,21,23,30H,4-5,9-11,13-16H2,1H3/t23-/m0/s1. The minimum absolute atomic E-state index is 0.154. The lowest BCUT2D eigenvalue weighted by Gasteiger charge is -2.33. The van der Waals surface area contributed by atoms with Crippen LogP contribution in [0.5, 0.6) is 0 Å². The molecule has 1 atom stereocenters. The van der Waals surface area contributed by atoms with Crippen molar-refractivity contribution >= 4 is 22.3 Å². The van der Waals surface area contributed by atoms with Gasteiger partial charge in [-0.05, 0) is 81.9 Å². The first-order valence-corrected chi connectivity index (χ1v) is 12.7. The van der Waals surface area contributed by atoms with Crippen LogP contribution in [0.15, 0.2) is 55.0 Å². The minimum atomic E-state index is 0.154. The number of aromatic amines is 1. The summed E-state index contributed by atoms with van der Waals surface area (Å²) in [6.07, 6.45) is 9.60. The number of piperidine rings is 1. The van der Waals surface area contributed by atoms with Crippen LogP contribution in [-0.4, -0.2) is 62.3 Å². The molecule has 4 aromatic rings. The van der Waals surface area contributed by atoms with Gasteiger partial charge in [-0.1, -0.05) is 18.2 Å². The van der Waals surface area contributed by atoms with E-state index in [1.165, 1.54) is 16.8 Å². The summed E-state index contributed by atoms with van der Waals surface area (Å²) < 4.78 is 2.13. The van der Waals surface area contributed by atoms with E-state index in [4.69, 9.17) is 4.98 Å². The SMILES string of the molecule is Cc1ccc2cc(C(=O)N3CCC[C@H]3CCN3CCC(c4ncn5ccccc45)CC3)[nH]c2c1. The van der Waals surface area contributed by atoms with E-state index in [1.54, 1.807) is 0 Å². The second kappa shape index (κ2) is 8.91. The first-order valence-electron chi connectivity index (χ1n) is 12.7. The molecule has 0 bridgehead atoms. The smallest absolute Gasteiger partial charge is 0.270 e. The number of carbonyl (C=O) groups excluding carboxylic acids is 1. The van der Waals surface area contributed by atoms with Crippen molar-refractivity contribution in [1.29, 1.82) is 0 Å². The number of hydrogen-bond donors (Lipinski definition) is 1. The minimum Gasteiger partial charge on any atom is -0.351 e. The van der Waals surface area contributed by atoms with E-state index >= 15 is 0 Å². The largest absolute Gasteiger partial charge is 0.351 e. The molecule has 1 amide bonds. The zero-order chi connectivity index (χ0) is 23.1. The maximum Gasteiger partial charge on any atom is 0.270 e. The Kier molecular flexibility index (Phi) is 5.61. The van der Waals surface area contributed by atoms with Gasteiger partial charge in [0.05, 0.1) is 17.5 Å².